The highest BCUT2D eigenvalue weighted by molar-refractivity contribution is 4.67. The van der Waals surface area contributed by atoms with E-state index in [1.54, 1.807) is 0 Å². The van der Waals surface area contributed by atoms with Gasteiger partial charge in [0.1, 0.15) is 0 Å². The summed E-state index contributed by atoms with van der Waals surface area (Å²) in [6.45, 7) is 7.29. The lowest BCUT2D eigenvalue weighted by Crippen LogP contribution is -2.30. The molecule has 0 unspecified atom stereocenters. The number of rotatable bonds is 6. The number of hydrogen-bond donors (Lipinski definition) is 2. The fraction of sp³-hybridized carbons (Fsp3) is 1.00. The van der Waals surface area contributed by atoms with E-state index >= 15 is 0 Å². The molecule has 0 radical (unpaired) electrons. The van der Waals surface area contributed by atoms with Crippen molar-refractivity contribution in [3.05, 3.63) is 0 Å². The molecule has 3 heteroatoms. The van der Waals surface area contributed by atoms with E-state index in [1.807, 2.05) is 7.05 Å². The highest BCUT2D eigenvalue weighted by atomic mass is 16.5. The van der Waals surface area contributed by atoms with Crippen LogP contribution < -0.4 is 11.1 Å². The van der Waals surface area contributed by atoms with Crippen molar-refractivity contribution >= 4 is 0 Å². The summed E-state index contributed by atoms with van der Waals surface area (Å²) in [6, 6.07) is 0. The van der Waals surface area contributed by atoms with Crippen LogP contribution in [0.4, 0.5) is 0 Å². The Hall–Kier alpha value is -0.120. The maximum absolute atomic E-state index is 5.53. The maximum atomic E-state index is 5.53. The van der Waals surface area contributed by atoms with Gasteiger partial charge in [0, 0.05) is 12.0 Å². The van der Waals surface area contributed by atoms with Gasteiger partial charge in [-0.1, -0.05) is 13.8 Å². The molecule has 0 fully saturated rings. The van der Waals surface area contributed by atoms with E-state index in [2.05, 4.69) is 19.2 Å². The number of hydrogen-bond acceptors (Lipinski definition) is 3. The second kappa shape index (κ2) is 5.52. The van der Waals surface area contributed by atoms with E-state index in [0.29, 0.717) is 6.54 Å². The lowest BCUT2D eigenvalue weighted by Gasteiger charge is -2.21. The molecule has 0 bridgehead atoms. The molecule has 0 aliphatic heterocycles. The van der Waals surface area contributed by atoms with Crippen molar-refractivity contribution in [3.63, 3.8) is 0 Å². The summed E-state index contributed by atoms with van der Waals surface area (Å²) in [4.78, 5) is 0. The number of nitrogens with two attached hydrogens (primary N) is 1. The zero-order valence-electron chi connectivity index (χ0n) is 7.81. The minimum atomic E-state index is 0.119. The molecule has 0 aromatic heterocycles. The number of ether oxygens (including phenoxy) is 1. The quantitative estimate of drug-likeness (QED) is 0.546. The Balaban J connectivity index is 3.23. The molecule has 0 saturated carbocycles. The molecule has 0 atom stereocenters. The predicted octanol–water partition coefficient (Wildman–Crippen LogP) is 0.207. The van der Waals surface area contributed by atoms with Gasteiger partial charge in [0.15, 0.2) is 0 Å². The van der Waals surface area contributed by atoms with Crippen LogP contribution in [0.25, 0.3) is 0 Å². The Kier molecular flexibility index (Phi) is 5.46. The fourth-order valence-electron chi connectivity index (χ4n) is 0.582. The van der Waals surface area contributed by atoms with Crippen molar-refractivity contribution < 1.29 is 4.74 Å². The molecule has 11 heavy (non-hydrogen) atoms. The third-order valence-electron chi connectivity index (χ3n) is 1.54. The molecule has 3 N–H and O–H groups in total. The molecule has 0 saturated heterocycles. The largest absolute Gasteiger partial charge is 0.380 e. The first kappa shape index (κ1) is 10.9. The molecule has 3 nitrogen and oxygen atoms in total. The van der Waals surface area contributed by atoms with Gasteiger partial charge >= 0.3 is 0 Å². The Morgan fingerprint density at radius 3 is 2.55 bits per heavy atom. The zero-order valence-corrected chi connectivity index (χ0v) is 7.81. The second-order valence-corrected chi connectivity index (χ2v) is 3.52. The van der Waals surface area contributed by atoms with Crippen LogP contribution in [0.3, 0.4) is 0 Å². The molecule has 0 aliphatic rings. The summed E-state index contributed by atoms with van der Waals surface area (Å²) >= 11 is 0. The molecule has 0 aromatic carbocycles. The molecular weight excluding hydrogens is 140 g/mol. The summed E-state index contributed by atoms with van der Waals surface area (Å²) in [5, 5.41) is 3.02. The first-order valence-corrected chi connectivity index (χ1v) is 4.05. The van der Waals surface area contributed by atoms with Gasteiger partial charge in [0.05, 0.1) is 13.2 Å². The molecule has 0 rings (SSSR count). The van der Waals surface area contributed by atoms with Crippen LogP contribution in [0.2, 0.25) is 0 Å². The standard InChI is InChI=1S/C8H20N2O/c1-8(2,6-9)7-11-5-4-10-3/h10H,4-7,9H2,1-3H3. The van der Waals surface area contributed by atoms with Crippen molar-refractivity contribution in [3.8, 4) is 0 Å². The van der Waals surface area contributed by atoms with E-state index in [9.17, 15) is 0 Å². The van der Waals surface area contributed by atoms with Crippen molar-refractivity contribution in [2.45, 2.75) is 13.8 Å². The summed E-state index contributed by atoms with van der Waals surface area (Å²) in [7, 11) is 1.91. The van der Waals surface area contributed by atoms with Crippen molar-refractivity contribution in [1.29, 1.82) is 0 Å². The maximum Gasteiger partial charge on any atom is 0.0591 e. The summed E-state index contributed by atoms with van der Waals surface area (Å²) in [5.41, 5.74) is 5.64. The Morgan fingerprint density at radius 2 is 2.09 bits per heavy atom. The van der Waals surface area contributed by atoms with E-state index in [-0.39, 0.29) is 5.41 Å². The average Bonchev–Trinajstić information content (AvgIpc) is 1.99. The summed E-state index contributed by atoms with van der Waals surface area (Å²) in [6.07, 6.45) is 0. The van der Waals surface area contributed by atoms with Crippen LogP contribution in [0.15, 0.2) is 0 Å². The van der Waals surface area contributed by atoms with Crippen LogP contribution >= 0.6 is 0 Å². The van der Waals surface area contributed by atoms with Gasteiger partial charge in [-0.15, -0.1) is 0 Å². The van der Waals surface area contributed by atoms with Gasteiger partial charge in [-0.3, -0.25) is 0 Å². The van der Waals surface area contributed by atoms with E-state index < -0.39 is 0 Å². The van der Waals surface area contributed by atoms with E-state index in [1.165, 1.54) is 0 Å². The minimum absolute atomic E-state index is 0.119. The Morgan fingerprint density at radius 1 is 1.45 bits per heavy atom. The fourth-order valence-corrected chi connectivity index (χ4v) is 0.582. The van der Waals surface area contributed by atoms with Gasteiger partial charge in [-0.2, -0.15) is 0 Å². The summed E-state index contributed by atoms with van der Waals surface area (Å²) in [5.74, 6) is 0. The van der Waals surface area contributed by atoms with E-state index in [4.69, 9.17) is 10.5 Å². The van der Waals surface area contributed by atoms with Gasteiger partial charge in [-0.05, 0) is 13.6 Å². The minimum Gasteiger partial charge on any atom is -0.380 e. The smallest absolute Gasteiger partial charge is 0.0591 e. The first-order chi connectivity index (χ1) is 5.12. The van der Waals surface area contributed by atoms with Crippen LogP contribution in [0, 0.1) is 5.41 Å². The van der Waals surface area contributed by atoms with Crippen molar-refractivity contribution in [1.82, 2.24) is 5.32 Å². The monoisotopic (exact) mass is 160 g/mol. The van der Waals surface area contributed by atoms with Crippen LogP contribution in [0.5, 0.6) is 0 Å². The molecule has 0 aromatic rings. The van der Waals surface area contributed by atoms with Gasteiger partial charge in [0.2, 0.25) is 0 Å². The lowest BCUT2D eigenvalue weighted by molar-refractivity contribution is 0.0689. The third-order valence-corrected chi connectivity index (χ3v) is 1.54. The zero-order chi connectivity index (χ0) is 8.74. The molecule has 0 aliphatic carbocycles. The SMILES string of the molecule is CNCCOCC(C)(C)CN. The molecular formula is C8H20N2O. The van der Waals surface area contributed by atoms with E-state index in [0.717, 1.165) is 19.8 Å². The van der Waals surface area contributed by atoms with Gasteiger partial charge in [0.25, 0.3) is 0 Å². The lowest BCUT2D eigenvalue weighted by atomic mass is 9.95. The highest BCUT2D eigenvalue weighted by Gasteiger charge is 2.14. The number of nitrogens with one attached hydrogen (secondary N) is 1. The Labute approximate surface area is 69.3 Å². The molecule has 0 amide bonds. The normalized spacial score (nSPS) is 12.0. The summed E-state index contributed by atoms with van der Waals surface area (Å²) < 4.78 is 5.39. The second-order valence-electron chi connectivity index (χ2n) is 3.52. The topological polar surface area (TPSA) is 47.3 Å². The van der Waals surface area contributed by atoms with Crippen LogP contribution in [-0.2, 0) is 4.74 Å². The van der Waals surface area contributed by atoms with Gasteiger partial charge in [-0.25, -0.2) is 0 Å². The highest BCUT2D eigenvalue weighted by Crippen LogP contribution is 2.11. The first-order valence-electron chi connectivity index (χ1n) is 4.05. The average molecular weight is 160 g/mol. The Bertz CT molecular complexity index is 94.1. The van der Waals surface area contributed by atoms with Crippen molar-refractivity contribution in [2.75, 3.05) is 33.4 Å². The molecule has 0 heterocycles. The van der Waals surface area contributed by atoms with Crippen LogP contribution in [-0.4, -0.2) is 33.4 Å². The van der Waals surface area contributed by atoms with Crippen LogP contribution in [0.1, 0.15) is 13.8 Å². The molecule has 68 valence electrons. The molecule has 0 spiro atoms. The third kappa shape index (κ3) is 6.28. The predicted molar refractivity (Wildman–Crippen MR) is 47.6 cm³/mol. The van der Waals surface area contributed by atoms with Gasteiger partial charge < -0.3 is 15.8 Å². The van der Waals surface area contributed by atoms with Crippen molar-refractivity contribution in [2.24, 2.45) is 11.1 Å². The number of likely N-dealkylation sites (N-methyl/N-ethyl adjacent to an activating group) is 1.